The van der Waals surface area contributed by atoms with Crippen molar-refractivity contribution < 1.29 is 4.74 Å². The fourth-order valence-electron chi connectivity index (χ4n) is 2.81. The Labute approximate surface area is 121 Å². The molecule has 1 aliphatic rings. The summed E-state index contributed by atoms with van der Waals surface area (Å²) in [5.74, 6) is 2.21. The first-order valence-electron chi connectivity index (χ1n) is 7.16. The van der Waals surface area contributed by atoms with Crippen LogP contribution in [0.1, 0.15) is 43.4 Å². The fraction of sp³-hybridized carbons (Fsp3) is 0.625. The number of rotatable bonds is 6. The van der Waals surface area contributed by atoms with E-state index >= 15 is 0 Å². The van der Waals surface area contributed by atoms with E-state index in [-0.39, 0.29) is 0 Å². The predicted molar refractivity (Wildman–Crippen MR) is 84.3 cm³/mol. The van der Waals surface area contributed by atoms with Crippen LogP contribution in [-0.4, -0.2) is 25.2 Å². The van der Waals surface area contributed by atoms with E-state index in [0.29, 0.717) is 12.1 Å². The van der Waals surface area contributed by atoms with E-state index in [1.807, 2.05) is 11.8 Å². The van der Waals surface area contributed by atoms with E-state index in [4.69, 9.17) is 4.74 Å². The quantitative estimate of drug-likeness (QED) is 0.855. The molecule has 1 N–H and O–H groups in total. The standard InChI is InChI=1S/C16H25NOS/c1-12(9-10-19-3)17-16-6-4-5-13-11-14(18-2)7-8-15(13)16/h7-8,11-12,16-17H,4-6,9-10H2,1-3H3. The number of aryl methyl sites for hydroxylation is 1. The molecule has 1 aromatic rings. The van der Waals surface area contributed by atoms with Gasteiger partial charge in [0.25, 0.3) is 0 Å². The molecule has 0 radical (unpaired) electrons. The lowest BCUT2D eigenvalue weighted by atomic mass is 9.87. The third kappa shape index (κ3) is 3.90. The lowest BCUT2D eigenvalue weighted by Gasteiger charge is -2.29. The Morgan fingerprint density at radius 2 is 2.32 bits per heavy atom. The average molecular weight is 279 g/mol. The van der Waals surface area contributed by atoms with Gasteiger partial charge in [-0.15, -0.1) is 0 Å². The van der Waals surface area contributed by atoms with Gasteiger partial charge >= 0.3 is 0 Å². The van der Waals surface area contributed by atoms with Gasteiger partial charge in [0, 0.05) is 12.1 Å². The van der Waals surface area contributed by atoms with E-state index in [1.54, 1.807) is 7.11 Å². The molecule has 0 spiro atoms. The van der Waals surface area contributed by atoms with Crippen LogP contribution < -0.4 is 10.1 Å². The van der Waals surface area contributed by atoms with Crippen molar-refractivity contribution in [1.82, 2.24) is 5.32 Å². The second-order valence-corrected chi connectivity index (χ2v) is 6.34. The third-order valence-electron chi connectivity index (χ3n) is 3.91. The SMILES string of the molecule is COc1ccc2c(c1)CCCC2NC(C)CCSC. The summed E-state index contributed by atoms with van der Waals surface area (Å²) in [6, 6.07) is 7.64. The van der Waals surface area contributed by atoms with E-state index in [2.05, 4.69) is 36.7 Å². The summed E-state index contributed by atoms with van der Waals surface area (Å²) in [6.07, 6.45) is 7.12. The van der Waals surface area contributed by atoms with Crippen LogP contribution in [0.25, 0.3) is 0 Å². The summed E-state index contributed by atoms with van der Waals surface area (Å²) in [6.45, 7) is 2.30. The molecule has 2 unspecified atom stereocenters. The van der Waals surface area contributed by atoms with Gasteiger partial charge in [-0.25, -0.2) is 0 Å². The van der Waals surface area contributed by atoms with Crippen LogP contribution in [0, 0.1) is 0 Å². The first kappa shape index (κ1) is 14.7. The molecule has 0 fully saturated rings. The maximum atomic E-state index is 5.33. The van der Waals surface area contributed by atoms with Crippen molar-refractivity contribution in [2.75, 3.05) is 19.1 Å². The van der Waals surface area contributed by atoms with Gasteiger partial charge in [-0.3, -0.25) is 0 Å². The Morgan fingerprint density at radius 1 is 1.47 bits per heavy atom. The molecule has 0 amide bonds. The van der Waals surface area contributed by atoms with Gasteiger partial charge in [0.15, 0.2) is 0 Å². The zero-order valence-corrected chi connectivity index (χ0v) is 13.1. The number of benzene rings is 1. The van der Waals surface area contributed by atoms with E-state index in [0.717, 1.165) is 5.75 Å². The normalized spacial score (nSPS) is 19.8. The average Bonchev–Trinajstić information content (AvgIpc) is 2.44. The molecule has 0 saturated heterocycles. The van der Waals surface area contributed by atoms with Gasteiger partial charge in [-0.1, -0.05) is 6.07 Å². The van der Waals surface area contributed by atoms with Gasteiger partial charge in [-0.05, 0) is 67.9 Å². The highest BCUT2D eigenvalue weighted by Gasteiger charge is 2.21. The van der Waals surface area contributed by atoms with E-state index in [9.17, 15) is 0 Å². The first-order chi connectivity index (χ1) is 9.24. The van der Waals surface area contributed by atoms with Crippen LogP contribution in [0.3, 0.4) is 0 Å². The molecule has 0 aromatic heterocycles. The lowest BCUT2D eigenvalue weighted by Crippen LogP contribution is -2.33. The van der Waals surface area contributed by atoms with E-state index < -0.39 is 0 Å². The highest BCUT2D eigenvalue weighted by atomic mass is 32.2. The second-order valence-electron chi connectivity index (χ2n) is 5.36. The van der Waals surface area contributed by atoms with Crippen molar-refractivity contribution in [3.05, 3.63) is 29.3 Å². The minimum Gasteiger partial charge on any atom is -0.497 e. The highest BCUT2D eigenvalue weighted by Crippen LogP contribution is 2.32. The van der Waals surface area contributed by atoms with Gasteiger partial charge in [0.1, 0.15) is 5.75 Å². The Kier molecular flexibility index (Phi) is 5.59. The van der Waals surface area contributed by atoms with Gasteiger partial charge < -0.3 is 10.1 Å². The number of thioether (sulfide) groups is 1. The number of nitrogens with one attached hydrogen (secondary N) is 1. The summed E-state index contributed by atoms with van der Waals surface area (Å²) in [5, 5.41) is 3.79. The zero-order valence-electron chi connectivity index (χ0n) is 12.2. The van der Waals surface area contributed by atoms with Crippen LogP contribution >= 0.6 is 11.8 Å². The summed E-state index contributed by atoms with van der Waals surface area (Å²) >= 11 is 1.93. The fourth-order valence-corrected chi connectivity index (χ4v) is 3.40. The molecule has 1 aliphatic carbocycles. The molecular weight excluding hydrogens is 254 g/mol. The maximum absolute atomic E-state index is 5.33. The Morgan fingerprint density at radius 3 is 3.05 bits per heavy atom. The number of fused-ring (bicyclic) bond motifs is 1. The molecule has 0 saturated carbocycles. The van der Waals surface area contributed by atoms with Crippen molar-refractivity contribution in [1.29, 1.82) is 0 Å². The highest BCUT2D eigenvalue weighted by molar-refractivity contribution is 7.98. The third-order valence-corrected chi connectivity index (χ3v) is 4.55. The molecule has 2 atom stereocenters. The van der Waals surface area contributed by atoms with Crippen molar-refractivity contribution >= 4 is 11.8 Å². The molecule has 2 rings (SSSR count). The van der Waals surface area contributed by atoms with Crippen molar-refractivity contribution in [3.63, 3.8) is 0 Å². The predicted octanol–water partition coefficient (Wildman–Crippen LogP) is 3.80. The van der Waals surface area contributed by atoms with Crippen LogP contribution in [0.2, 0.25) is 0 Å². The molecule has 0 heterocycles. The molecular formula is C16H25NOS. The minimum absolute atomic E-state index is 0.520. The van der Waals surface area contributed by atoms with Crippen LogP contribution in [-0.2, 0) is 6.42 Å². The summed E-state index contributed by atoms with van der Waals surface area (Å²) in [5.41, 5.74) is 2.93. The smallest absolute Gasteiger partial charge is 0.119 e. The molecule has 3 heteroatoms. The summed E-state index contributed by atoms with van der Waals surface area (Å²) < 4.78 is 5.33. The van der Waals surface area contributed by atoms with E-state index in [1.165, 1.54) is 42.6 Å². The number of ether oxygens (including phenoxy) is 1. The van der Waals surface area contributed by atoms with Crippen molar-refractivity contribution in [3.8, 4) is 5.75 Å². The number of hydrogen-bond acceptors (Lipinski definition) is 3. The molecule has 1 aromatic carbocycles. The largest absolute Gasteiger partial charge is 0.497 e. The van der Waals surface area contributed by atoms with Gasteiger partial charge in [0.2, 0.25) is 0 Å². The van der Waals surface area contributed by atoms with Crippen LogP contribution in [0.4, 0.5) is 0 Å². The lowest BCUT2D eigenvalue weighted by molar-refractivity contribution is 0.396. The Bertz CT molecular complexity index is 408. The topological polar surface area (TPSA) is 21.3 Å². The summed E-state index contributed by atoms with van der Waals surface area (Å²) in [7, 11) is 1.74. The van der Waals surface area contributed by atoms with Gasteiger partial charge in [-0.2, -0.15) is 11.8 Å². The second kappa shape index (κ2) is 7.20. The Hall–Kier alpha value is -0.670. The van der Waals surface area contributed by atoms with Gasteiger partial charge in [0.05, 0.1) is 7.11 Å². The molecule has 0 aliphatic heterocycles. The zero-order chi connectivity index (χ0) is 13.7. The molecule has 106 valence electrons. The Balaban J connectivity index is 2.05. The molecule has 0 bridgehead atoms. The van der Waals surface area contributed by atoms with Crippen molar-refractivity contribution in [2.24, 2.45) is 0 Å². The molecule has 19 heavy (non-hydrogen) atoms. The molecule has 2 nitrogen and oxygen atoms in total. The van der Waals surface area contributed by atoms with Crippen LogP contribution in [0.15, 0.2) is 18.2 Å². The van der Waals surface area contributed by atoms with Crippen molar-refractivity contribution in [2.45, 2.75) is 44.7 Å². The maximum Gasteiger partial charge on any atom is 0.119 e. The van der Waals surface area contributed by atoms with Crippen LogP contribution in [0.5, 0.6) is 5.75 Å². The number of methoxy groups -OCH3 is 1. The summed E-state index contributed by atoms with van der Waals surface area (Å²) in [4.78, 5) is 0. The monoisotopic (exact) mass is 279 g/mol. The number of hydrogen-bond donors (Lipinski definition) is 1. The minimum atomic E-state index is 0.520. The first-order valence-corrected chi connectivity index (χ1v) is 8.55.